The van der Waals surface area contributed by atoms with E-state index < -0.39 is 144 Å². The first-order chi connectivity index (χ1) is 51.3. The van der Waals surface area contributed by atoms with Crippen LogP contribution in [0.3, 0.4) is 0 Å². The number of carboxylic acid groups (broad SMARTS) is 1. The maximum Gasteiger partial charge on any atom is 0.312 e. The van der Waals surface area contributed by atoms with Crippen LogP contribution in [-0.4, -0.2) is 195 Å². The molecule has 13 amide bonds. The number of carbonyl (C=O) groups excluding carboxylic acids is 12. The predicted octanol–water partition coefficient (Wildman–Crippen LogP) is 1.88. The van der Waals surface area contributed by atoms with E-state index in [1.165, 1.54) is 55.4 Å². The Morgan fingerprint density at radius 1 is 0.537 bits per heavy atom. The van der Waals surface area contributed by atoms with Gasteiger partial charge in [0.25, 0.3) is 5.97 Å². The summed E-state index contributed by atoms with van der Waals surface area (Å²) in [6, 6.07) is 14.4. The van der Waals surface area contributed by atoms with Crippen molar-refractivity contribution in [2.75, 3.05) is 26.2 Å². The fourth-order valence-corrected chi connectivity index (χ4v) is 12.1. The first-order valence-electron chi connectivity index (χ1n) is 36.1. The molecule has 1 aromatic heterocycles. The third-order valence-electron chi connectivity index (χ3n) is 17.5. The minimum atomic E-state index is -1.83. The molecule has 10 atom stereocenters. The van der Waals surface area contributed by atoms with Crippen molar-refractivity contribution < 1.29 is 77.6 Å². The van der Waals surface area contributed by atoms with E-state index in [2.05, 4.69) is 63.5 Å². The van der Waals surface area contributed by atoms with Crippen LogP contribution >= 0.6 is 11.6 Å². The lowest BCUT2D eigenvalue weighted by molar-refractivity contribution is -0.142. The number of likely N-dealkylation sites (tertiary alicyclic amines) is 1. The average Bonchev–Trinajstić information content (AvgIpc) is 1.57. The number of aromatic hydroxyl groups is 1. The van der Waals surface area contributed by atoms with Crippen LogP contribution in [0.1, 0.15) is 129 Å². The molecular formula is C76H104ClN15O16. The molecule has 1 saturated heterocycles. The summed E-state index contributed by atoms with van der Waals surface area (Å²) in [5.41, 5.74) is 12.8. The lowest BCUT2D eigenvalue weighted by Crippen LogP contribution is -2.61. The fourth-order valence-electron chi connectivity index (χ4n) is 11.9. The van der Waals surface area contributed by atoms with Crippen LogP contribution in [0.15, 0.2) is 116 Å². The number of aliphatic hydroxyl groups is 1. The number of hydrogen-bond donors (Lipinski definition) is 16. The number of aliphatic carboxylic acids is 1. The Labute approximate surface area is 633 Å². The molecule has 2 heterocycles. The Morgan fingerprint density at radius 2 is 1.01 bits per heavy atom. The van der Waals surface area contributed by atoms with Crippen molar-refractivity contribution in [2.24, 2.45) is 17.4 Å². The monoisotopic (exact) mass is 1520 g/mol. The van der Waals surface area contributed by atoms with Gasteiger partial charge in [-0.2, -0.15) is 0 Å². The zero-order valence-corrected chi connectivity index (χ0v) is 62.8. The second kappa shape index (κ2) is 45.0. The Bertz CT molecular complexity index is 3850. The third-order valence-corrected chi connectivity index (χ3v) is 17.7. The maximum atomic E-state index is 15.0. The number of hydrogen-bond acceptors (Lipinski definition) is 17. The molecule has 1 aliphatic rings. The molecule has 0 spiro atoms. The minimum absolute atomic E-state index is 0.0327. The van der Waals surface area contributed by atoms with Crippen molar-refractivity contribution in [2.45, 2.75) is 198 Å². The Kier molecular flexibility index (Phi) is 36.6. The Hall–Kier alpha value is -10.8. The molecule has 5 aromatic rings. The van der Waals surface area contributed by atoms with Crippen LogP contribution in [-0.2, 0) is 83.2 Å². The zero-order chi connectivity index (χ0) is 79.6. The number of pyridine rings is 1. The van der Waals surface area contributed by atoms with E-state index in [9.17, 15) is 67.7 Å². The molecule has 0 radical (unpaired) electrons. The number of phenols is 1. The van der Waals surface area contributed by atoms with Gasteiger partial charge in [0.05, 0.1) is 6.61 Å². The molecule has 18 N–H and O–H groups in total. The number of halogens is 1. The number of fused-ring (bicyclic) bond motifs is 1. The van der Waals surface area contributed by atoms with Crippen molar-refractivity contribution in [1.82, 2.24) is 68.4 Å². The highest BCUT2D eigenvalue weighted by molar-refractivity contribution is 6.30. The first kappa shape index (κ1) is 87.8. The summed E-state index contributed by atoms with van der Waals surface area (Å²) in [6.07, 6.45) is 4.59. The van der Waals surface area contributed by atoms with E-state index in [4.69, 9.17) is 33.0 Å². The minimum Gasteiger partial charge on any atom is -0.508 e. The first-order valence-corrected chi connectivity index (χ1v) is 36.4. The van der Waals surface area contributed by atoms with Gasteiger partial charge in [0.1, 0.15) is 66.2 Å². The molecule has 0 unspecified atom stereocenters. The summed E-state index contributed by atoms with van der Waals surface area (Å²) in [4.78, 5) is 182. The number of aromatic nitrogens is 1. The van der Waals surface area contributed by atoms with Crippen LogP contribution in [0.4, 0.5) is 4.79 Å². The normalized spacial score (nSPS) is 15.0. The summed E-state index contributed by atoms with van der Waals surface area (Å²) < 4.78 is 0. The van der Waals surface area contributed by atoms with Gasteiger partial charge in [0.15, 0.2) is 0 Å². The molecule has 31 nitrogen and oxygen atoms in total. The molecule has 1 aliphatic heterocycles. The number of nitrogens with two attached hydrogens (primary N) is 2. The summed E-state index contributed by atoms with van der Waals surface area (Å²) in [5.74, 6) is -9.90. The summed E-state index contributed by atoms with van der Waals surface area (Å²) in [7, 11) is 0. The SMILES string of the molecule is CC(=O)N[C@H](Cc1ccc2ccccc2c1)C(=O)N[C@H](Cc1ccc(Cl)cc1)C(=O)N[C@H](Cc1cccnc1)C(=O)N[C@@H](CO)C(=O)N[C@@H](Cc1ccc(O)cc1)C(=O)N[C@H](CCCCNC(N)=O)C(=O)N[C@H](CC(C)C)C(=O)N[C@@H](CCCCNC(C)C)C(=O)N1CCC[C@H]1C(=O)N[C@H](C)C(N)=O.CC(=O)O. The number of amides is 13. The quantitative estimate of drug-likeness (QED) is 0.0248. The van der Waals surface area contributed by atoms with E-state index in [0.29, 0.717) is 53.1 Å². The van der Waals surface area contributed by atoms with E-state index in [-0.39, 0.29) is 95.0 Å². The van der Waals surface area contributed by atoms with Crippen molar-refractivity contribution >= 4 is 99.4 Å². The Morgan fingerprint density at radius 3 is 1.55 bits per heavy atom. The standard InChI is InChI=1S/C74H100ClN15O14.C2H4O2/c1-43(2)35-57(66(96)84-56(19-10-11-32-79-44(3)4)73(103)90-34-14-20-63(90)72(102)81-45(5)64(76)94)85-65(95)55(18-9-12-33-80-74(77)104)83-68(98)59(38-48-24-29-54(93)30-25-48)88-71(101)62(42-91)89-70(100)61(40-50-15-13-31-78-41-50)87-69(99)60(37-47-22-27-53(75)28-23-47)86-67(97)58(82-46(6)92)39-49-21-26-51-16-7-8-17-52(51)36-49;1-2(3)4/h7-8,13,15-17,21-31,36,41,43-45,55-63,79,91,93H,9-12,14,18-20,32-35,37-40,42H2,1-6H3,(H2,76,94)(H,81,102)(H,82,92)(H,83,98)(H,84,96)(H,85,95)(H,86,97)(H,87,99)(H,88,101)(H,89,100)(H3,77,80,104);1H3,(H,3,4)/t45-,55-,56+,57-,58-,59+,60-,61-,62+,63+;/m1./s1. The Balaban J connectivity index is 0.00000509. The topological polar surface area (TPSA) is 483 Å². The number of unbranched alkanes of at least 4 members (excludes halogenated alkanes) is 2. The van der Waals surface area contributed by atoms with Crippen LogP contribution in [0.25, 0.3) is 10.8 Å². The highest BCUT2D eigenvalue weighted by Crippen LogP contribution is 2.23. The zero-order valence-electron chi connectivity index (χ0n) is 62.0. The largest absolute Gasteiger partial charge is 0.508 e. The molecular weight excluding hydrogens is 1410 g/mol. The molecule has 0 aliphatic carbocycles. The molecule has 6 rings (SSSR count). The van der Waals surface area contributed by atoms with Gasteiger partial charge in [-0.3, -0.25) is 62.5 Å². The smallest absolute Gasteiger partial charge is 0.312 e. The highest BCUT2D eigenvalue weighted by atomic mass is 35.5. The number of urea groups is 1. The van der Waals surface area contributed by atoms with E-state index in [1.807, 2.05) is 56.3 Å². The molecule has 4 aromatic carbocycles. The highest BCUT2D eigenvalue weighted by Gasteiger charge is 2.40. The van der Waals surface area contributed by atoms with Crippen LogP contribution < -0.4 is 70.0 Å². The van der Waals surface area contributed by atoms with E-state index in [0.717, 1.165) is 17.7 Å². The molecule has 108 heavy (non-hydrogen) atoms. The van der Waals surface area contributed by atoms with Gasteiger partial charge in [-0.15, -0.1) is 0 Å². The average molecular weight is 1520 g/mol. The van der Waals surface area contributed by atoms with Crippen molar-refractivity contribution in [3.8, 4) is 5.75 Å². The number of primary amides is 2. The van der Waals surface area contributed by atoms with Gasteiger partial charge in [-0.25, -0.2) is 4.79 Å². The summed E-state index contributed by atoms with van der Waals surface area (Å²) >= 11 is 6.24. The summed E-state index contributed by atoms with van der Waals surface area (Å²) in [6.45, 7) is 11.2. The van der Waals surface area contributed by atoms with Gasteiger partial charge in [0, 0.05) is 76.1 Å². The summed E-state index contributed by atoms with van der Waals surface area (Å²) in [5, 5.41) is 60.9. The number of carboxylic acids is 1. The molecule has 1 fully saturated rings. The number of rotatable bonds is 41. The lowest BCUT2D eigenvalue weighted by Gasteiger charge is -2.31. The van der Waals surface area contributed by atoms with Gasteiger partial charge in [0.2, 0.25) is 65.0 Å². The lowest BCUT2D eigenvalue weighted by atomic mass is 9.99. The van der Waals surface area contributed by atoms with Crippen molar-refractivity contribution in [3.63, 3.8) is 0 Å². The predicted molar refractivity (Wildman–Crippen MR) is 403 cm³/mol. The number of aliphatic hydroxyl groups excluding tert-OH is 1. The van der Waals surface area contributed by atoms with E-state index >= 15 is 0 Å². The molecule has 0 bridgehead atoms. The second-order valence-corrected chi connectivity index (χ2v) is 27.8. The van der Waals surface area contributed by atoms with Crippen molar-refractivity contribution in [3.05, 3.63) is 143 Å². The van der Waals surface area contributed by atoms with Crippen LogP contribution in [0.2, 0.25) is 5.02 Å². The molecule has 32 heteroatoms. The fraction of sp³-hybridized carbons (Fsp3) is 0.474. The third kappa shape index (κ3) is 31.0. The van der Waals surface area contributed by atoms with Crippen LogP contribution in [0, 0.1) is 5.92 Å². The molecule has 0 saturated carbocycles. The maximum absolute atomic E-state index is 15.0. The number of phenolic OH excluding ortho intramolecular Hbond substituents is 1. The number of carbonyl (C=O) groups is 13. The van der Waals surface area contributed by atoms with E-state index in [1.54, 1.807) is 50.2 Å². The molecule has 586 valence electrons. The van der Waals surface area contributed by atoms with Crippen molar-refractivity contribution in [1.29, 1.82) is 0 Å². The number of nitrogens with zero attached hydrogens (tertiary/aromatic N) is 2. The number of benzene rings is 4. The number of nitrogens with one attached hydrogen (secondary N) is 11. The van der Waals surface area contributed by atoms with Gasteiger partial charge in [-0.1, -0.05) is 112 Å². The van der Waals surface area contributed by atoms with Gasteiger partial charge in [-0.05, 0) is 141 Å². The van der Waals surface area contributed by atoms with Crippen LogP contribution in [0.5, 0.6) is 5.75 Å². The van der Waals surface area contributed by atoms with Gasteiger partial charge >= 0.3 is 6.03 Å². The van der Waals surface area contributed by atoms with Gasteiger partial charge < -0.3 is 90.2 Å². The second-order valence-electron chi connectivity index (χ2n) is 27.4.